The van der Waals surface area contributed by atoms with Gasteiger partial charge in [-0.2, -0.15) is 0 Å². The molecule has 1 fully saturated rings. The minimum atomic E-state index is -0.0292. The number of likely N-dealkylation sites (tertiary alicyclic amines) is 1. The van der Waals surface area contributed by atoms with Gasteiger partial charge in [-0.05, 0) is 18.8 Å². The first-order chi connectivity index (χ1) is 6.18. The lowest BCUT2D eigenvalue weighted by molar-refractivity contribution is 0.0772. The monoisotopic (exact) mass is 187 g/mol. The molecule has 2 heteroatoms. The van der Waals surface area contributed by atoms with Gasteiger partial charge in [-0.15, -0.1) is 0 Å². The van der Waals surface area contributed by atoms with Crippen LogP contribution in [0.15, 0.2) is 0 Å². The van der Waals surface area contributed by atoms with Crippen molar-refractivity contribution < 1.29 is 5.11 Å². The molecule has 0 bridgehead atoms. The topological polar surface area (TPSA) is 23.5 Å². The van der Waals surface area contributed by atoms with Gasteiger partial charge in [-0.3, -0.25) is 0 Å². The first kappa shape index (κ1) is 12.9. The molecule has 1 N–H and O–H groups in total. The molecule has 0 aliphatic carbocycles. The maximum absolute atomic E-state index is 9.23. The molecule has 0 aromatic carbocycles. The van der Waals surface area contributed by atoms with E-state index in [1.807, 2.05) is 13.8 Å². The van der Waals surface area contributed by atoms with Crippen LogP contribution in [-0.4, -0.2) is 35.7 Å². The molecule has 0 spiro atoms. The van der Waals surface area contributed by atoms with Crippen LogP contribution in [0.3, 0.4) is 0 Å². The highest BCUT2D eigenvalue weighted by Gasteiger charge is 2.16. The van der Waals surface area contributed by atoms with Crippen LogP contribution in [0.4, 0.5) is 0 Å². The van der Waals surface area contributed by atoms with Crippen molar-refractivity contribution >= 4 is 0 Å². The van der Waals surface area contributed by atoms with E-state index >= 15 is 0 Å². The van der Waals surface area contributed by atoms with Gasteiger partial charge in [0.1, 0.15) is 0 Å². The summed E-state index contributed by atoms with van der Waals surface area (Å²) in [5, 5.41) is 9.23. The van der Waals surface area contributed by atoms with Crippen molar-refractivity contribution in [2.75, 3.05) is 19.6 Å². The van der Waals surface area contributed by atoms with Gasteiger partial charge in [0.05, 0.1) is 6.10 Å². The fourth-order valence-electron chi connectivity index (χ4n) is 1.62. The van der Waals surface area contributed by atoms with Crippen LogP contribution in [-0.2, 0) is 0 Å². The van der Waals surface area contributed by atoms with Crippen molar-refractivity contribution in [3.63, 3.8) is 0 Å². The van der Waals surface area contributed by atoms with E-state index in [2.05, 4.69) is 18.7 Å². The van der Waals surface area contributed by atoms with Crippen LogP contribution in [0.2, 0.25) is 0 Å². The molecular weight excluding hydrogens is 162 g/mol. The fourth-order valence-corrected chi connectivity index (χ4v) is 1.62. The first-order valence-corrected chi connectivity index (χ1v) is 5.59. The zero-order valence-electron chi connectivity index (χ0n) is 9.58. The Hall–Kier alpha value is -0.0800. The predicted octanol–water partition coefficient (Wildman–Crippen LogP) is 2.13. The van der Waals surface area contributed by atoms with Crippen LogP contribution in [0.5, 0.6) is 0 Å². The third kappa shape index (κ3) is 6.05. The Bertz CT molecular complexity index is 107. The second-order valence-corrected chi connectivity index (χ2v) is 3.93. The lowest BCUT2D eigenvalue weighted by atomic mass is 10.1. The molecule has 0 radical (unpaired) electrons. The molecule has 2 nitrogen and oxygen atoms in total. The Morgan fingerprint density at radius 1 is 1.23 bits per heavy atom. The van der Waals surface area contributed by atoms with E-state index < -0.39 is 0 Å². The summed E-state index contributed by atoms with van der Waals surface area (Å²) in [6.45, 7) is 11.8. The summed E-state index contributed by atoms with van der Waals surface area (Å²) in [5.74, 6) is 0.755. The van der Waals surface area contributed by atoms with E-state index in [0.29, 0.717) is 0 Å². The van der Waals surface area contributed by atoms with Crippen molar-refractivity contribution in [1.29, 1.82) is 0 Å². The highest BCUT2D eigenvalue weighted by molar-refractivity contribution is 4.71. The molecule has 0 aromatic rings. The molecule has 1 aliphatic heterocycles. The highest BCUT2D eigenvalue weighted by Crippen LogP contribution is 2.11. The minimum absolute atomic E-state index is 0.0292. The van der Waals surface area contributed by atoms with Gasteiger partial charge in [-0.25, -0.2) is 0 Å². The number of hydrogen-bond acceptors (Lipinski definition) is 2. The van der Waals surface area contributed by atoms with E-state index in [1.165, 1.54) is 6.54 Å². The van der Waals surface area contributed by atoms with E-state index in [0.717, 1.165) is 31.8 Å². The number of hydrogen-bond donors (Lipinski definition) is 1. The second-order valence-electron chi connectivity index (χ2n) is 3.93. The Morgan fingerprint density at radius 2 is 1.69 bits per heavy atom. The smallest absolute Gasteiger partial charge is 0.0564 e. The molecule has 1 heterocycles. The average molecular weight is 187 g/mol. The fraction of sp³-hybridized carbons (Fsp3) is 1.00. The normalized spacial score (nSPS) is 19.8. The molecule has 0 unspecified atom stereocenters. The number of piperidine rings is 1. The largest absolute Gasteiger partial charge is 0.393 e. The SMILES string of the molecule is CC.CC(C)CN1CCC(O)CC1. The maximum Gasteiger partial charge on any atom is 0.0564 e. The summed E-state index contributed by atoms with van der Waals surface area (Å²) in [5.41, 5.74) is 0. The summed E-state index contributed by atoms with van der Waals surface area (Å²) in [7, 11) is 0. The molecule has 0 saturated carbocycles. The Kier molecular flexibility index (Phi) is 7.29. The van der Waals surface area contributed by atoms with E-state index in [4.69, 9.17) is 0 Å². The van der Waals surface area contributed by atoms with Gasteiger partial charge in [0.25, 0.3) is 0 Å². The van der Waals surface area contributed by atoms with E-state index in [9.17, 15) is 5.11 Å². The second kappa shape index (κ2) is 7.34. The zero-order chi connectivity index (χ0) is 10.3. The predicted molar refractivity (Wildman–Crippen MR) is 57.9 cm³/mol. The molecule has 1 aliphatic rings. The number of nitrogens with zero attached hydrogens (tertiary/aromatic N) is 1. The van der Waals surface area contributed by atoms with Crippen molar-refractivity contribution in [1.82, 2.24) is 4.90 Å². The van der Waals surface area contributed by atoms with Crippen LogP contribution in [0, 0.1) is 5.92 Å². The molecule has 13 heavy (non-hydrogen) atoms. The molecule has 80 valence electrons. The van der Waals surface area contributed by atoms with Gasteiger partial charge >= 0.3 is 0 Å². The maximum atomic E-state index is 9.23. The Balaban J connectivity index is 0.000000671. The van der Waals surface area contributed by atoms with Gasteiger partial charge in [0, 0.05) is 19.6 Å². The molecule has 0 atom stereocenters. The van der Waals surface area contributed by atoms with Gasteiger partial charge in [0.2, 0.25) is 0 Å². The number of aliphatic hydroxyl groups excluding tert-OH is 1. The van der Waals surface area contributed by atoms with Crippen molar-refractivity contribution in [3.05, 3.63) is 0 Å². The molecule has 1 rings (SSSR count). The molecule has 1 saturated heterocycles. The highest BCUT2D eigenvalue weighted by atomic mass is 16.3. The molecule has 0 amide bonds. The summed E-state index contributed by atoms with van der Waals surface area (Å²) in [4.78, 5) is 2.44. The van der Waals surface area contributed by atoms with E-state index in [-0.39, 0.29) is 6.10 Å². The Labute approximate surface area is 82.9 Å². The Morgan fingerprint density at radius 3 is 2.08 bits per heavy atom. The lowest BCUT2D eigenvalue weighted by Gasteiger charge is -2.30. The summed E-state index contributed by atoms with van der Waals surface area (Å²) in [6.07, 6.45) is 1.90. The average Bonchev–Trinajstić information content (AvgIpc) is 2.12. The summed E-state index contributed by atoms with van der Waals surface area (Å²) < 4.78 is 0. The molecule has 0 aromatic heterocycles. The van der Waals surface area contributed by atoms with Gasteiger partial charge in [0.15, 0.2) is 0 Å². The lowest BCUT2D eigenvalue weighted by Crippen LogP contribution is -2.37. The summed E-state index contributed by atoms with van der Waals surface area (Å²) in [6, 6.07) is 0. The van der Waals surface area contributed by atoms with Crippen LogP contribution in [0.1, 0.15) is 40.5 Å². The number of aliphatic hydroxyl groups is 1. The first-order valence-electron chi connectivity index (χ1n) is 5.59. The van der Waals surface area contributed by atoms with Crippen molar-refractivity contribution in [2.24, 2.45) is 5.92 Å². The van der Waals surface area contributed by atoms with Crippen molar-refractivity contribution in [2.45, 2.75) is 46.6 Å². The minimum Gasteiger partial charge on any atom is -0.393 e. The quantitative estimate of drug-likeness (QED) is 0.716. The van der Waals surface area contributed by atoms with Gasteiger partial charge < -0.3 is 10.0 Å². The zero-order valence-corrected chi connectivity index (χ0v) is 9.58. The number of rotatable bonds is 2. The van der Waals surface area contributed by atoms with Gasteiger partial charge in [-0.1, -0.05) is 27.7 Å². The van der Waals surface area contributed by atoms with Crippen LogP contribution < -0.4 is 0 Å². The van der Waals surface area contributed by atoms with Crippen molar-refractivity contribution in [3.8, 4) is 0 Å². The molecular formula is C11H25NO. The van der Waals surface area contributed by atoms with Crippen LogP contribution >= 0.6 is 0 Å². The third-order valence-electron chi connectivity index (χ3n) is 2.18. The third-order valence-corrected chi connectivity index (χ3v) is 2.18. The van der Waals surface area contributed by atoms with E-state index in [1.54, 1.807) is 0 Å². The standard InChI is InChI=1S/C9H19NO.C2H6/c1-8(2)7-10-5-3-9(11)4-6-10;1-2/h8-9,11H,3-7H2,1-2H3;1-2H3. The van der Waals surface area contributed by atoms with Crippen LogP contribution in [0.25, 0.3) is 0 Å². The summed E-state index contributed by atoms with van der Waals surface area (Å²) >= 11 is 0.